The van der Waals surface area contributed by atoms with Crippen LogP contribution in [-0.2, 0) is 20.9 Å². The Kier molecular flexibility index (Phi) is 6.95. The largest absolute Gasteiger partial charge is 0.493 e. The smallest absolute Gasteiger partial charge is 0.309 e. The van der Waals surface area contributed by atoms with Gasteiger partial charge in [0.2, 0.25) is 0 Å². The topological polar surface area (TPSA) is 64.6 Å². The predicted octanol–water partition coefficient (Wildman–Crippen LogP) is 2.76. The summed E-state index contributed by atoms with van der Waals surface area (Å²) in [5.41, 5.74) is 1.34. The maximum Gasteiger partial charge on any atom is 0.309 e. The van der Waals surface area contributed by atoms with Crippen LogP contribution in [0.3, 0.4) is 0 Å². The van der Waals surface area contributed by atoms with Crippen molar-refractivity contribution in [2.24, 2.45) is 0 Å². The number of hydrogen-bond donors (Lipinski definition) is 1. The van der Waals surface area contributed by atoms with Gasteiger partial charge in [-0.3, -0.25) is 9.59 Å². The molecule has 0 aromatic heterocycles. The number of halogens is 1. The summed E-state index contributed by atoms with van der Waals surface area (Å²) in [5.74, 6) is -0.711. The highest BCUT2D eigenvalue weighted by atomic mass is 19.1. The second-order valence-electron chi connectivity index (χ2n) is 5.39. The third-order valence-electron chi connectivity index (χ3n) is 3.46. The number of hydrogen-bond acceptors (Lipinski definition) is 4. The van der Waals surface area contributed by atoms with Crippen LogP contribution in [0.5, 0.6) is 5.75 Å². The summed E-state index contributed by atoms with van der Waals surface area (Å²) in [7, 11) is 0. The highest BCUT2D eigenvalue weighted by molar-refractivity contribution is 5.80. The molecule has 0 heterocycles. The van der Waals surface area contributed by atoms with E-state index in [-0.39, 0.29) is 19.6 Å². The number of para-hydroxylation sites is 1. The number of aryl methyl sites for hydroxylation is 1. The summed E-state index contributed by atoms with van der Waals surface area (Å²) in [4.78, 5) is 23.2. The van der Waals surface area contributed by atoms with E-state index in [2.05, 4.69) is 5.32 Å². The quantitative estimate of drug-likeness (QED) is 0.747. The fourth-order valence-electron chi connectivity index (χ4n) is 2.07. The van der Waals surface area contributed by atoms with Crippen LogP contribution in [0.25, 0.3) is 0 Å². The zero-order valence-corrected chi connectivity index (χ0v) is 14.0. The molecule has 132 valence electrons. The molecule has 1 amide bonds. The maximum absolute atomic E-state index is 13.4. The Bertz CT molecular complexity index is 733. The lowest BCUT2D eigenvalue weighted by Gasteiger charge is -2.09. The zero-order valence-electron chi connectivity index (χ0n) is 14.0. The van der Waals surface area contributed by atoms with Gasteiger partial charge in [0.05, 0.1) is 13.0 Å². The van der Waals surface area contributed by atoms with E-state index in [9.17, 15) is 14.0 Å². The molecule has 0 unspecified atom stereocenters. The predicted molar refractivity (Wildman–Crippen MR) is 90.5 cm³/mol. The molecule has 6 heteroatoms. The van der Waals surface area contributed by atoms with Crippen LogP contribution in [0.1, 0.15) is 17.5 Å². The number of ether oxygens (including phenoxy) is 2. The molecule has 0 fully saturated rings. The molecule has 2 aromatic carbocycles. The minimum atomic E-state index is -0.533. The van der Waals surface area contributed by atoms with Gasteiger partial charge in [-0.1, -0.05) is 36.4 Å². The monoisotopic (exact) mass is 345 g/mol. The van der Waals surface area contributed by atoms with Crippen LogP contribution in [0, 0.1) is 12.7 Å². The van der Waals surface area contributed by atoms with E-state index in [1.807, 2.05) is 31.2 Å². The van der Waals surface area contributed by atoms with E-state index in [0.29, 0.717) is 11.3 Å². The van der Waals surface area contributed by atoms with Crippen LogP contribution in [0.4, 0.5) is 4.39 Å². The van der Waals surface area contributed by atoms with E-state index in [1.54, 1.807) is 18.2 Å². The molecule has 0 radical (unpaired) electrons. The number of rotatable bonds is 8. The van der Waals surface area contributed by atoms with Crippen LogP contribution in [0.15, 0.2) is 48.5 Å². The fraction of sp³-hybridized carbons (Fsp3) is 0.263. The minimum absolute atomic E-state index is 0.0366. The van der Waals surface area contributed by atoms with Gasteiger partial charge in [-0.25, -0.2) is 4.39 Å². The number of carbonyl (C=O) groups excluding carboxylic acids is 2. The Labute approximate surface area is 145 Å². The minimum Gasteiger partial charge on any atom is -0.493 e. The average molecular weight is 345 g/mol. The van der Waals surface area contributed by atoms with Gasteiger partial charge in [-0.05, 0) is 24.6 Å². The molecule has 0 spiro atoms. The molecule has 0 aliphatic heterocycles. The van der Waals surface area contributed by atoms with Gasteiger partial charge in [0.15, 0.2) is 6.61 Å². The van der Waals surface area contributed by atoms with Gasteiger partial charge in [-0.2, -0.15) is 0 Å². The Morgan fingerprint density at radius 2 is 1.80 bits per heavy atom. The summed E-state index contributed by atoms with van der Waals surface area (Å²) in [6, 6.07) is 13.6. The molecule has 0 atom stereocenters. The number of esters is 1. The lowest BCUT2D eigenvalue weighted by atomic mass is 10.2. The molecule has 0 aliphatic carbocycles. The van der Waals surface area contributed by atoms with Crippen molar-refractivity contribution in [3.05, 3.63) is 65.5 Å². The first-order valence-corrected chi connectivity index (χ1v) is 7.90. The molecular weight excluding hydrogens is 325 g/mol. The Balaban J connectivity index is 1.63. The van der Waals surface area contributed by atoms with Crippen molar-refractivity contribution in [2.45, 2.75) is 19.9 Å². The van der Waals surface area contributed by atoms with Crippen LogP contribution < -0.4 is 10.1 Å². The summed E-state index contributed by atoms with van der Waals surface area (Å²) in [5, 5.41) is 2.50. The summed E-state index contributed by atoms with van der Waals surface area (Å²) >= 11 is 0. The van der Waals surface area contributed by atoms with E-state index >= 15 is 0 Å². The Morgan fingerprint density at radius 1 is 1.08 bits per heavy atom. The van der Waals surface area contributed by atoms with E-state index in [4.69, 9.17) is 9.47 Å². The normalized spacial score (nSPS) is 10.2. The number of benzene rings is 2. The molecule has 25 heavy (non-hydrogen) atoms. The van der Waals surface area contributed by atoms with Crippen molar-refractivity contribution in [1.29, 1.82) is 0 Å². The van der Waals surface area contributed by atoms with E-state index < -0.39 is 24.3 Å². The number of nitrogens with one attached hydrogen (secondary N) is 1. The van der Waals surface area contributed by atoms with Crippen LogP contribution in [0.2, 0.25) is 0 Å². The second-order valence-corrected chi connectivity index (χ2v) is 5.39. The molecule has 0 bridgehead atoms. The first-order valence-electron chi connectivity index (χ1n) is 7.90. The molecule has 0 aliphatic rings. The first-order chi connectivity index (χ1) is 12.1. The van der Waals surface area contributed by atoms with Gasteiger partial charge < -0.3 is 14.8 Å². The molecule has 2 rings (SSSR count). The standard InChI is InChI=1S/C19H20FNO4/c1-14-6-2-5-9-17(14)24-11-10-19(23)25-13-18(22)21-12-15-7-3-4-8-16(15)20/h2-9H,10-13H2,1H3,(H,21,22). The molecular formula is C19H20FNO4. The van der Waals surface area contributed by atoms with Gasteiger partial charge in [0, 0.05) is 12.1 Å². The molecule has 2 aromatic rings. The van der Waals surface area contributed by atoms with Crippen LogP contribution in [-0.4, -0.2) is 25.1 Å². The van der Waals surface area contributed by atoms with Crippen molar-refractivity contribution < 1.29 is 23.5 Å². The Morgan fingerprint density at radius 3 is 2.56 bits per heavy atom. The summed E-state index contributed by atoms with van der Waals surface area (Å²) in [6.07, 6.45) is 0.0366. The van der Waals surface area contributed by atoms with Crippen molar-refractivity contribution in [2.75, 3.05) is 13.2 Å². The zero-order chi connectivity index (χ0) is 18.1. The van der Waals surface area contributed by atoms with Crippen molar-refractivity contribution in [1.82, 2.24) is 5.32 Å². The first kappa shape index (κ1) is 18.4. The molecule has 5 nitrogen and oxygen atoms in total. The molecule has 0 saturated heterocycles. The van der Waals surface area contributed by atoms with E-state index in [0.717, 1.165) is 5.56 Å². The summed E-state index contributed by atoms with van der Waals surface area (Å²) in [6.45, 7) is 1.71. The van der Waals surface area contributed by atoms with Gasteiger partial charge in [-0.15, -0.1) is 0 Å². The summed E-state index contributed by atoms with van der Waals surface area (Å²) < 4.78 is 23.8. The third-order valence-corrected chi connectivity index (χ3v) is 3.46. The fourth-order valence-corrected chi connectivity index (χ4v) is 2.07. The maximum atomic E-state index is 13.4. The lowest BCUT2D eigenvalue weighted by molar-refractivity contribution is -0.149. The van der Waals surface area contributed by atoms with Crippen molar-refractivity contribution in [3.63, 3.8) is 0 Å². The van der Waals surface area contributed by atoms with E-state index in [1.165, 1.54) is 6.07 Å². The number of amides is 1. The van der Waals surface area contributed by atoms with Crippen molar-refractivity contribution >= 4 is 11.9 Å². The highest BCUT2D eigenvalue weighted by Crippen LogP contribution is 2.16. The van der Waals surface area contributed by atoms with Gasteiger partial charge in [0.1, 0.15) is 11.6 Å². The molecule has 0 saturated carbocycles. The van der Waals surface area contributed by atoms with Gasteiger partial charge >= 0.3 is 5.97 Å². The Hall–Kier alpha value is -2.89. The van der Waals surface area contributed by atoms with Gasteiger partial charge in [0.25, 0.3) is 5.91 Å². The second kappa shape index (κ2) is 9.42. The highest BCUT2D eigenvalue weighted by Gasteiger charge is 2.09. The SMILES string of the molecule is Cc1ccccc1OCCC(=O)OCC(=O)NCc1ccccc1F. The van der Waals surface area contributed by atoms with Crippen LogP contribution >= 0.6 is 0 Å². The molecule has 1 N–H and O–H groups in total. The third kappa shape index (κ3) is 6.25. The van der Waals surface area contributed by atoms with Crippen molar-refractivity contribution in [3.8, 4) is 5.75 Å². The lowest BCUT2D eigenvalue weighted by Crippen LogP contribution is -2.28. The average Bonchev–Trinajstić information content (AvgIpc) is 2.61. The number of carbonyl (C=O) groups is 2.